The molecule has 2 aromatic heterocycles. The van der Waals surface area contributed by atoms with Gasteiger partial charge in [0.1, 0.15) is 17.3 Å². The summed E-state index contributed by atoms with van der Waals surface area (Å²) >= 11 is 0. The van der Waals surface area contributed by atoms with Gasteiger partial charge in [0.05, 0.1) is 11.1 Å². The lowest BCUT2D eigenvalue weighted by Crippen LogP contribution is -2.32. The van der Waals surface area contributed by atoms with Crippen molar-refractivity contribution in [2.24, 2.45) is 0 Å². The Labute approximate surface area is 260 Å². The highest BCUT2D eigenvalue weighted by Crippen LogP contribution is 2.63. The van der Waals surface area contributed by atoms with E-state index in [0.717, 1.165) is 50.6 Å². The van der Waals surface area contributed by atoms with Crippen molar-refractivity contribution in [2.45, 2.75) is 12.3 Å². The van der Waals surface area contributed by atoms with Crippen molar-refractivity contribution in [1.82, 2.24) is 19.9 Å². The number of rotatable bonds is 3. The van der Waals surface area contributed by atoms with E-state index in [-0.39, 0.29) is 0 Å². The molecule has 9 rings (SSSR count). The predicted molar refractivity (Wildman–Crippen MR) is 176 cm³/mol. The summed E-state index contributed by atoms with van der Waals surface area (Å²) in [4.78, 5) is 19.4. The van der Waals surface area contributed by atoms with Gasteiger partial charge in [0, 0.05) is 34.0 Å². The summed E-state index contributed by atoms with van der Waals surface area (Å²) < 4.78 is 6.49. The van der Waals surface area contributed by atoms with Crippen LogP contribution >= 0.6 is 0 Å². The Morgan fingerprint density at radius 2 is 1.13 bits per heavy atom. The van der Waals surface area contributed by atoms with Crippen molar-refractivity contribution in [3.05, 3.63) is 168 Å². The summed E-state index contributed by atoms with van der Waals surface area (Å²) in [6.45, 7) is 1.93. The molecular formula is C40H26N4O. The second kappa shape index (κ2) is 9.79. The molecule has 0 amide bonds. The molecule has 1 aliphatic carbocycles. The van der Waals surface area contributed by atoms with Crippen molar-refractivity contribution in [3.63, 3.8) is 0 Å². The predicted octanol–water partition coefficient (Wildman–Crippen LogP) is 9.04. The molecule has 0 fully saturated rings. The van der Waals surface area contributed by atoms with Crippen LogP contribution in [0.15, 0.2) is 140 Å². The number of hydrogen-bond acceptors (Lipinski definition) is 5. The molecule has 2 aliphatic rings. The summed E-state index contributed by atoms with van der Waals surface area (Å²) in [5.41, 5.74) is 10.3. The smallest absolute Gasteiger partial charge is 0.164 e. The zero-order valence-corrected chi connectivity index (χ0v) is 24.5. The van der Waals surface area contributed by atoms with Crippen LogP contribution in [0.25, 0.3) is 45.2 Å². The fourth-order valence-electron chi connectivity index (χ4n) is 7.17. The topological polar surface area (TPSA) is 60.8 Å². The van der Waals surface area contributed by atoms with Gasteiger partial charge in [0.25, 0.3) is 0 Å². The lowest BCUT2D eigenvalue weighted by Gasteiger charge is -2.39. The number of pyridine rings is 1. The fourth-order valence-corrected chi connectivity index (χ4v) is 7.17. The molecule has 0 unspecified atom stereocenters. The number of fused-ring (bicyclic) bond motifs is 9. The van der Waals surface area contributed by atoms with E-state index >= 15 is 0 Å². The molecule has 5 nitrogen and oxygen atoms in total. The second-order valence-electron chi connectivity index (χ2n) is 11.4. The Hall–Kier alpha value is -5.94. The van der Waals surface area contributed by atoms with Gasteiger partial charge >= 0.3 is 0 Å². The molecule has 0 radical (unpaired) electrons. The Morgan fingerprint density at radius 3 is 1.91 bits per heavy atom. The van der Waals surface area contributed by atoms with Gasteiger partial charge in [0.15, 0.2) is 11.6 Å². The first-order valence-corrected chi connectivity index (χ1v) is 15.1. The van der Waals surface area contributed by atoms with Gasteiger partial charge in [-0.3, -0.25) is 4.98 Å². The SMILES string of the molecule is Cc1nc(-c2cccc(-c3ccccn3)c2)nc(-c2cccc3c2-c2ccccc2C32c3ccccc3Oc3ccccc32)n1. The van der Waals surface area contributed by atoms with E-state index in [2.05, 4.69) is 96.0 Å². The molecule has 5 aromatic carbocycles. The number of aromatic nitrogens is 4. The van der Waals surface area contributed by atoms with E-state index in [9.17, 15) is 0 Å². The maximum atomic E-state index is 6.49. The van der Waals surface area contributed by atoms with Crippen LogP contribution in [0.4, 0.5) is 0 Å². The molecule has 0 atom stereocenters. The molecule has 7 aromatic rings. The van der Waals surface area contributed by atoms with Gasteiger partial charge in [-0.15, -0.1) is 0 Å². The van der Waals surface area contributed by atoms with E-state index in [1.54, 1.807) is 0 Å². The average Bonchev–Trinajstić information content (AvgIpc) is 3.39. The third kappa shape index (κ3) is 3.74. The molecule has 0 saturated carbocycles. The summed E-state index contributed by atoms with van der Waals surface area (Å²) in [6, 6.07) is 46.2. The Morgan fingerprint density at radius 1 is 0.511 bits per heavy atom. The van der Waals surface area contributed by atoms with E-state index in [1.165, 1.54) is 16.7 Å². The fraction of sp³-hybridized carbons (Fsp3) is 0.0500. The summed E-state index contributed by atoms with van der Waals surface area (Å²) in [6.07, 6.45) is 1.81. The largest absolute Gasteiger partial charge is 0.457 e. The van der Waals surface area contributed by atoms with Crippen LogP contribution in [0.3, 0.4) is 0 Å². The first-order chi connectivity index (χ1) is 22.2. The van der Waals surface area contributed by atoms with E-state index < -0.39 is 5.41 Å². The highest BCUT2D eigenvalue weighted by atomic mass is 16.5. The van der Waals surface area contributed by atoms with Gasteiger partial charge in [-0.25, -0.2) is 15.0 Å². The molecule has 0 bridgehead atoms. The zero-order valence-electron chi connectivity index (χ0n) is 24.5. The zero-order chi connectivity index (χ0) is 30.0. The van der Waals surface area contributed by atoms with Crippen LogP contribution in [0, 0.1) is 6.92 Å². The Balaban J connectivity index is 1.29. The number of aryl methyl sites for hydroxylation is 1. The maximum absolute atomic E-state index is 6.49. The first kappa shape index (κ1) is 25.5. The lowest BCUT2D eigenvalue weighted by molar-refractivity contribution is 0.436. The van der Waals surface area contributed by atoms with Crippen molar-refractivity contribution < 1.29 is 4.74 Å². The minimum Gasteiger partial charge on any atom is -0.457 e. The van der Waals surface area contributed by atoms with Gasteiger partial charge in [-0.05, 0) is 59.5 Å². The quantitative estimate of drug-likeness (QED) is 0.209. The van der Waals surface area contributed by atoms with Crippen LogP contribution in [-0.4, -0.2) is 19.9 Å². The van der Waals surface area contributed by atoms with Crippen molar-refractivity contribution in [1.29, 1.82) is 0 Å². The summed E-state index contributed by atoms with van der Waals surface area (Å²) in [5.74, 6) is 3.69. The maximum Gasteiger partial charge on any atom is 0.164 e. The molecule has 0 saturated heterocycles. The molecule has 212 valence electrons. The molecule has 45 heavy (non-hydrogen) atoms. The number of benzene rings is 5. The Bertz CT molecular complexity index is 2230. The van der Waals surface area contributed by atoms with Crippen LogP contribution in [0.5, 0.6) is 11.5 Å². The third-order valence-corrected chi connectivity index (χ3v) is 8.94. The van der Waals surface area contributed by atoms with Gasteiger partial charge in [0.2, 0.25) is 0 Å². The highest BCUT2D eigenvalue weighted by Gasteiger charge is 2.51. The van der Waals surface area contributed by atoms with E-state index in [4.69, 9.17) is 19.7 Å². The van der Waals surface area contributed by atoms with Gasteiger partial charge in [-0.2, -0.15) is 0 Å². The molecule has 1 aliphatic heterocycles. The van der Waals surface area contributed by atoms with Crippen molar-refractivity contribution >= 4 is 0 Å². The summed E-state index contributed by atoms with van der Waals surface area (Å²) in [7, 11) is 0. The number of ether oxygens (including phenoxy) is 1. The van der Waals surface area contributed by atoms with Crippen molar-refractivity contribution in [3.8, 4) is 56.7 Å². The van der Waals surface area contributed by atoms with Gasteiger partial charge < -0.3 is 4.74 Å². The standard InChI is InChI=1S/C40H26N4O/c1-25-42-38(27-13-10-12-26(24-27)34-20-8-9-23-41-34)44-39(43-25)29-15-11-19-33-37(29)28-14-2-3-16-30(28)40(33)31-17-4-6-21-35(31)45-36-22-7-5-18-32(36)40/h2-24H,1H3. The molecule has 5 heteroatoms. The summed E-state index contributed by atoms with van der Waals surface area (Å²) in [5, 5.41) is 0. The number of para-hydroxylation sites is 2. The van der Waals surface area contributed by atoms with Crippen LogP contribution in [0.1, 0.15) is 28.1 Å². The van der Waals surface area contributed by atoms with Crippen molar-refractivity contribution in [2.75, 3.05) is 0 Å². The minimum atomic E-state index is -0.546. The first-order valence-electron chi connectivity index (χ1n) is 15.1. The molecular weight excluding hydrogens is 552 g/mol. The van der Waals surface area contributed by atoms with Crippen LogP contribution < -0.4 is 4.74 Å². The molecule has 3 heterocycles. The third-order valence-electron chi connectivity index (χ3n) is 8.94. The van der Waals surface area contributed by atoms with E-state index in [0.29, 0.717) is 17.5 Å². The van der Waals surface area contributed by atoms with Crippen LogP contribution in [0.2, 0.25) is 0 Å². The normalized spacial score (nSPS) is 13.4. The van der Waals surface area contributed by atoms with E-state index in [1.807, 2.05) is 55.6 Å². The monoisotopic (exact) mass is 578 g/mol. The molecule has 1 spiro atoms. The number of nitrogens with zero attached hydrogens (tertiary/aromatic N) is 4. The lowest BCUT2D eigenvalue weighted by atomic mass is 9.66. The van der Waals surface area contributed by atoms with Gasteiger partial charge in [-0.1, -0.05) is 103 Å². The minimum absolute atomic E-state index is 0.546. The van der Waals surface area contributed by atoms with Crippen LogP contribution in [-0.2, 0) is 5.41 Å². The highest BCUT2D eigenvalue weighted by molar-refractivity contribution is 5.95. The average molecular weight is 579 g/mol. The molecule has 0 N–H and O–H groups in total. The Kier molecular flexibility index (Phi) is 5.56. The second-order valence-corrected chi connectivity index (χ2v) is 11.4. The number of hydrogen-bond donors (Lipinski definition) is 0.